The lowest BCUT2D eigenvalue weighted by Gasteiger charge is -2.10. The number of thiophene rings is 1. The van der Waals surface area contributed by atoms with Gasteiger partial charge in [0, 0.05) is 10.9 Å². The van der Waals surface area contributed by atoms with Gasteiger partial charge in [0.05, 0.1) is 13.2 Å². The zero-order valence-corrected chi connectivity index (χ0v) is 19.1. The molecular weight excluding hydrogens is 410 g/mol. The molecule has 0 atom stereocenters. The standard InChI is InChI=1S/C25H27NO4S/c1-5-30-25(28)23-21(19-9-6-16(2)7-10-19)15-31-24(23)26-22(27)14-29-13-20-11-8-17(3)12-18(20)4/h6-12,15H,5,13-14H2,1-4H3,(H,26,27). The number of rotatable bonds is 8. The van der Waals surface area contributed by atoms with Crippen LogP contribution in [0.5, 0.6) is 0 Å². The number of benzene rings is 2. The minimum absolute atomic E-state index is 0.104. The Kier molecular flexibility index (Phi) is 7.60. The van der Waals surface area contributed by atoms with Gasteiger partial charge in [0.2, 0.25) is 0 Å². The monoisotopic (exact) mass is 437 g/mol. The summed E-state index contributed by atoms with van der Waals surface area (Å²) in [6, 6.07) is 14.0. The summed E-state index contributed by atoms with van der Waals surface area (Å²) in [5.41, 5.74) is 6.51. The normalized spacial score (nSPS) is 10.7. The molecule has 1 N–H and O–H groups in total. The first-order chi connectivity index (χ1) is 14.9. The molecule has 3 aromatic rings. The molecule has 162 valence electrons. The van der Waals surface area contributed by atoms with Gasteiger partial charge in [-0.25, -0.2) is 4.79 Å². The molecule has 1 aromatic heterocycles. The van der Waals surface area contributed by atoms with Gasteiger partial charge in [0.15, 0.2) is 0 Å². The summed E-state index contributed by atoms with van der Waals surface area (Å²) < 4.78 is 10.8. The number of nitrogens with one attached hydrogen (secondary N) is 1. The second-order valence-electron chi connectivity index (χ2n) is 7.41. The lowest BCUT2D eigenvalue weighted by Crippen LogP contribution is -2.19. The third-order valence-corrected chi connectivity index (χ3v) is 5.77. The molecular formula is C25H27NO4S. The Balaban J connectivity index is 1.71. The predicted molar refractivity (Wildman–Crippen MR) is 125 cm³/mol. The molecule has 3 rings (SSSR count). The van der Waals surface area contributed by atoms with Crippen LogP contribution < -0.4 is 5.32 Å². The van der Waals surface area contributed by atoms with Crippen LogP contribution in [-0.4, -0.2) is 25.1 Å². The number of esters is 1. The van der Waals surface area contributed by atoms with Crippen molar-refractivity contribution in [3.05, 3.63) is 75.7 Å². The van der Waals surface area contributed by atoms with Gasteiger partial charge in [0.25, 0.3) is 5.91 Å². The van der Waals surface area contributed by atoms with Crippen molar-refractivity contribution < 1.29 is 19.1 Å². The molecule has 0 aliphatic rings. The molecule has 0 spiro atoms. The van der Waals surface area contributed by atoms with Gasteiger partial charge in [-0.05, 0) is 44.4 Å². The van der Waals surface area contributed by atoms with Crippen LogP contribution in [-0.2, 0) is 20.9 Å². The quantitative estimate of drug-likeness (QED) is 0.461. The topological polar surface area (TPSA) is 64.6 Å². The fraction of sp³-hybridized carbons (Fsp3) is 0.280. The van der Waals surface area contributed by atoms with Crippen molar-refractivity contribution in [1.82, 2.24) is 0 Å². The molecule has 0 saturated heterocycles. The Hall–Kier alpha value is -2.96. The summed E-state index contributed by atoms with van der Waals surface area (Å²) in [7, 11) is 0. The number of carbonyl (C=O) groups is 2. The smallest absolute Gasteiger partial charge is 0.341 e. The minimum atomic E-state index is -0.453. The van der Waals surface area contributed by atoms with Gasteiger partial charge in [0.1, 0.15) is 17.2 Å². The maximum atomic E-state index is 12.6. The minimum Gasteiger partial charge on any atom is -0.462 e. The van der Waals surface area contributed by atoms with E-state index in [1.54, 1.807) is 6.92 Å². The van der Waals surface area contributed by atoms with Gasteiger partial charge >= 0.3 is 5.97 Å². The van der Waals surface area contributed by atoms with E-state index in [0.29, 0.717) is 17.2 Å². The second-order valence-corrected chi connectivity index (χ2v) is 8.29. The Labute approximate surface area is 187 Å². The summed E-state index contributed by atoms with van der Waals surface area (Å²) in [4.78, 5) is 25.1. The van der Waals surface area contributed by atoms with Crippen molar-refractivity contribution in [2.24, 2.45) is 0 Å². The van der Waals surface area contributed by atoms with Crippen molar-refractivity contribution in [1.29, 1.82) is 0 Å². The van der Waals surface area contributed by atoms with Crippen molar-refractivity contribution in [2.75, 3.05) is 18.5 Å². The average Bonchev–Trinajstić information content (AvgIpc) is 3.14. The van der Waals surface area contributed by atoms with Crippen molar-refractivity contribution in [2.45, 2.75) is 34.3 Å². The summed E-state index contributed by atoms with van der Waals surface area (Å²) in [5, 5.41) is 5.15. The molecule has 0 unspecified atom stereocenters. The molecule has 31 heavy (non-hydrogen) atoms. The van der Waals surface area contributed by atoms with E-state index in [4.69, 9.17) is 9.47 Å². The number of ether oxygens (including phenoxy) is 2. The first-order valence-corrected chi connectivity index (χ1v) is 11.1. The summed E-state index contributed by atoms with van der Waals surface area (Å²) in [6.07, 6.45) is 0. The lowest BCUT2D eigenvalue weighted by molar-refractivity contribution is -0.121. The van der Waals surface area contributed by atoms with E-state index in [-0.39, 0.29) is 19.1 Å². The second kappa shape index (κ2) is 10.4. The highest BCUT2D eigenvalue weighted by atomic mass is 32.1. The van der Waals surface area contributed by atoms with E-state index < -0.39 is 5.97 Å². The third kappa shape index (κ3) is 5.81. The van der Waals surface area contributed by atoms with E-state index in [1.165, 1.54) is 16.9 Å². The summed E-state index contributed by atoms with van der Waals surface area (Å²) in [6.45, 7) is 8.33. The van der Waals surface area contributed by atoms with Crippen molar-refractivity contribution in [3.8, 4) is 11.1 Å². The van der Waals surface area contributed by atoms with Crippen LogP contribution in [0.15, 0.2) is 47.8 Å². The zero-order chi connectivity index (χ0) is 22.4. The molecule has 0 radical (unpaired) electrons. The van der Waals surface area contributed by atoms with Crippen LogP contribution >= 0.6 is 11.3 Å². The fourth-order valence-electron chi connectivity index (χ4n) is 3.23. The van der Waals surface area contributed by atoms with E-state index in [1.807, 2.05) is 62.5 Å². The van der Waals surface area contributed by atoms with Crippen LogP contribution in [0, 0.1) is 20.8 Å². The van der Waals surface area contributed by atoms with Crippen molar-refractivity contribution in [3.63, 3.8) is 0 Å². The highest BCUT2D eigenvalue weighted by Crippen LogP contribution is 2.36. The number of hydrogen-bond acceptors (Lipinski definition) is 5. The Morgan fingerprint density at radius 1 is 1.00 bits per heavy atom. The SMILES string of the molecule is CCOC(=O)c1c(-c2ccc(C)cc2)csc1NC(=O)COCc1ccc(C)cc1C. The number of aryl methyl sites for hydroxylation is 3. The first-order valence-electron chi connectivity index (χ1n) is 10.2. The summed E-state index contributed by atoms with van der Waals surface area (Å²) in [5.74, 6) is -0.765. The Bertz CT molecular complexity index is 1070. The van der Waals surface area contributed by atoms with Gasteiger partial charge in [-0.2, -0.15) is 0 Å². The molecule has 0 saturated carbocycles. The predicted octanol–water partition coefficient (Wildman–Crippen LogP) is 5.67. The van der Waals surface area contributed by atoms with Crippen LogP contribution in [0.3, 0.4) is 0 Å². The van der Waals surface area contributed by atoms with Crippen LogP contribution in [0.2, 0.25) is 0 Å². The highest BCUT2D eigenvalue weighted by Gasteiger charge is 2.22. The zero-order valence-electron chi connectivity index (χ0n) is 18.3. The molecule has 1 heterocycles. The molecule has 0 aliphatic heterocycles. The summed E-state index contributed by atoms with van der Waals surface area (Å²) >= 11 is 1.30. The Morgan fingerprint density at radius 3 is 2.39 bits per heavy atom. The largest absolute Gasteiger partial charge is 0.462 e. The van der Waals surface area contributed by atoms with Crippen molar-refractivity contribution >= 4 is 28.2 Å². The Morgan fingerprint density at radius 2 is 1.71 bits per heavy atom. The van der Waals surface area contributed by atoms with Gasteiger partial charge in [-0.3, -0.25) is 4.79 Å². The van der Waals surface area contributed by atoms with Gasteiger partial charge < -0.3 is 14.8 Å². The van der Waals surface area contributed by atoms with E-state index >= 15 is 0 Å². The first kappa shape index (κ1) is 22.7. The highest BCUT2D eigenvalue weighted by molar-refractivity contribution is 7.15. The molecule has 0 aliphatic carbocycles. The molecule has 1 amide bonds. The van der Waals surface area contributed by atoms with Gasteiger partial charge in [-0.15, -0.1) is 11.3 Å². The molecule has 0 fully saturated rings. The molecule has 5 nitrogen and oxygen atoms in total. The number of amides is 1. The van der Waals surface area contributed by atoms with Gasteiger partial charge in [-0.1, -0.05) is 53.6 Å². The van der Waals surface area contributed by atoms with E-state index in [9.17, 15) is 9.59 Å². The third-order valence-electron chi connectivity index (χ3n) is 4.87. The van der Waals surface area contributed by atoms with Crippen LogP contribution in [0.25, 0.3) is 11.1 Å². The maximum Gasteiger partial charge on any atom is 0.341 e. The average molecular weight is 438 g/mol. The van der Waals surface area contributed by atoms with Crippen LogP contribution in [0.1, 0.15) is 39.5 Å². The fourth-order valence-corrected chi connectivity index (χ4v) is 4.20. The van der Waals surface area contributed by atoms with E-state index in [0.717, 1.165) is 27.8 Å². The lowest BCUT2D eigenvalue weighted by atomic mass is 10.0. The van der Waals surface area contributed by atoms with Crippen LogP contribution in [0.4, 0.5) is 5.00 Å². The van der Waals surface area contributed by atoms with E-state index in [2.05, 4.69) is 11.4 Å². The number of hydrogen-bond donors (Lipinski definition) is 1. The number of anilines is 1. The molecule has 0 bridgehead atoms. The molecule has 2 aromatic carbocycles. The maximum absolute atomic E-state index is 12.6. The molecule has 6 heteroatoms. The number of carbonyl (C=O) groups excluding carboxylic acids is 2.